The number of rotatable bonds is 4. The third-order valence-electron chi connectivity index (χ3n) is 5.15. The molecule has 0 fully saturated rings. The number of fused-ring (bicyclic) bond motifs is 1. The predicted octanol–water partition coefficient (Wildman–Crippen LogP) is 3.85. The van der Waals surface area contributed by atoms with Crippen LogP contribution in [0.1, 0.15) is 53.0 Å². The van der Waals surface area contributed by atoms with Gasteiger partial charge in [-0.1, -0.05) is 19.4 Å². The molecule has 1 aliphatic carbocycles. The lowest BCUT2D eigenvalue weighted by molar-refractivity contribution is -0.141. The number of pyridine rings is 1. The first kappa shape index (κ1) is 20.0. The Balaban J connectivity index is 1.87. The molecule has 2 aromatic rings. The minimum atomic E-state index is -4.68. The molecular formula is C20H21F3N2O3. The van der Waals surface area contributed by atoms with Crippen LogP contribution in [0.2, 0.25) is 0 Å². The summed E-state index contributed by atoms with van der Waals surface area (Å²) < 4.78 is 43.4. The molecule has 0 bridgehead atoms. The van der Waals surface area contributed by atoms with Crippen molar-refractivity contribution in [3.63, 3.8) is 0 Å². The number of aromatic amines is 1. The lowest BCUT2D eigenvalue weighted by Gasteiger charge is -2.32. The number of amides is 1. The number of methoxy groups -OCH3 is 1. The van der Waals surface area contributed by atoms with Gasteiger partial charge in [0.25, 0.3) is 11.5 Å². The highest BCUT2D eigenvalue weighted by atomic mass is 19.4. The molecule has 1 aliphatic rings. The molecule has 0 aliphatic heterocycles. The molecule has 150 valence electrons. The minimum absolute atomic E-state index is 0.325. The molecule has 3 rings (SSSR count). The Hall–Kier alpha value is -2.77. The molecule has 0 saturated carbocycles. The zero-order valence-electron chi connectivity index (χ0n) is 15.5. The van der Waals surface area contributed by atoms with E-state index in [1.807, 2.05) is 12.1 Å². The number of alkyl halides is 3. The van der Waals surface area contributed by atoms with Crippen LogP contribution in [0, 0.1) is 5.92 Å². The second kappa shape index (κ2) is 7.69. The standard InChI is InChI=1S/C20H21F3N2O3/c1-3-11-8-12-10-13(28-2)4-5-14(12)16(9-11)24-18(26)15-6-7-17(20(21,22)23)25-19(15)27/h4-7,10-11,16H,3,8-9H2,1-2H3,(H,24,26)(H,25,27). The van der Waals surface area contributed by atoms with Crippen molar-refractivity contribution < 1.29 is 22.7 Å². The van der Waals surface area contributed by atoms with E-state index in [1.165, 1.54) is 0 Å². The number of hydrogen-bond acceptors (Lipinski definition) is 3. The van der Waals surface area contributed by atoms with Gasteiger partial charge in [-0.3, -0.25) is 9.59 Å². The van der Waals surface area contributed by atoms with Crippen molar-refractivity contribution in [2.45, 2.75) is 38.4 Å². The molecule has 2 N–H and O–H groups in total. The van der Waals surface area contributed by atoms with E-state index in [1.54, 1.807) is 18.2 Å². The van der Waals surface area contributed by atoms with Crippen molar-refractivity contribution in [2.75, 3.05) is 7.11 Å². The third-order valence-corrected chi connectivity index (χ3v) is 5.15. The molecule has 8 heteroatoms. The first-order chi connectivity index (χ1) is 13.2. The van der Waals surface area contributed by atoms with Gasteiger partial charge in [-0.05, 0) is 54.2 Å². The molecule has 1 aromatic carbocycles. The maximum Gasteiger partial charge on any atom is 0.431 e. The van der Waals surface area contributed by atoms with Gasteiger partial charge in [-0.2, -0.15) is 13.2 Å². The van der Waals surface area contributed by atoms with Crippen LogP contribution in [-0.4, -0.2) is 18.0 Å². The summed E-state index contributed by atoms with van der Waals surface area (Å²) >= 11 is 0. The summed E-state index contributed by atoms with van der Waals surface area (Å²) in [5.41, 5.74) is -0.603. The Morgan fingerprint density at radius 3 is 2.64 bits per heavy atom. The van der Waals surface area contributed by atoms with Crippen molar-refractivity contribution in [2.24, 2.45) is 5.92 Å². The van der Waals surface area contributed by atoms with Crippen LogP contribution in [-0.2, 0) is 12.6 Å². The Labute approximate surface area is 159 Å². The van der Waals surface area contributed by atoms with Crippen molar-refractivity contribution >= 4 is 5.91 Å². The quantitative estimate of drug-likeness (QED) is 0.828. The third kappa shape index (κ3) is 4.05. The van der Waals surface area contributed by atoms with E-state index in [2.05, 4.69) is 12.2 Å². The first-order valence-corrected chi connectivity index (χ1v) is 9.01. The molecule has 1 amide bonds. The van der Waals surface area contributed by atoms with Gasteiger partial charge < -0.3 is 15.0 Å². The number of hydrogen-bond donors (Lipinski definition) is 2. The van der Waals surface area contributed by atoms with Gasteiger partial charge in [-0.25, -0.2) is 0 Å². The number of carbonyl (C=O) groups excluding carboxylic acids is 1. The SMILES string of the molecule is CCC1Cc2cc(OC)ccc2C(NC(=O)c2ccc(C(F)(F)F)[nH]c2=O)C1. The minimum Gasteiger partial charge on any atom is -0.497 e. The molecule has 28 heavy (non-hydrogen) atoms. The predicted molar refractivity (Wildman–Crippen MR) is 97.4 cm³/mol. The van der Waals surface area contributed by atoms with Gasteiger partial charge in [0.05, 0.1) is 13.2 Å². The lowest BCUT2D eigenvalue weighted by Crippen LogP contribution is -2.36. The summed E-state index contributed by atoms with van der Waals surface area (Å²) in [6.07, 6.45) is -2.20. The fraction of sp³-hybridized carbons (Fsp3) is 0.400. The fourth-order valence-electron chi connectivity index (χ4n) is 3.58. The van der Waals surface area contributed by atoms with Gasteiger partial charge in [0.1, 0.15) is 17.0 Å². The van der Waals surface area contributed by atoms with E-state index in [0.29, 0.717) is 18.4 Å². The van der Waals surface area contributed by atoms with Crippen molar-refractivity contribution in [1.29, 1.82) is 0 Å². The smallest absolute Gasteiger partial charge is 0.431 e. The van der Waals surface area contributed by atoms with Crippen LogP contribution in [0.4, 0.5) is 13.2 Å². The summed E-state index contributed by atoms with van der Waals surface area (Å²) in [6.45, 7) is 2.06. The number of nitrogens with one attached hydrogen (secondary N) is 2. The van der Waals surface area contributed by atoms with Crippen molar-refractivity contribution in [3.8, 4) is 5.75 Å². The summed E-state index contributed by atoms with van der Waals surface area (Å²) in [7, 11) is 1.58. The molecule has 0 spiro atoms. The summed E-state index contributed by atoms with van der Waals surface area (Å²) in [5, 5.41) is 2.81. The maximum absolute atomic E-state index is 12.7. The van der Waals surface area contributed by atoms with Gasteiger partial charge in [0.15, 0.2) is 0 Å². The van der Waals surface area contributed by atoms with E-state index < -0.39 is 23.3 Å². The Morgan fingerprint density at radius 1 is 1.29 bits per heavy atom. The fourth-order valence-corrected chi connectivity index (χ4v) is 3.58. The van der Waals surface area contributed by atoms with Crippen molar-refractivity contribution in [1.82, 2.24) is 10.3 Å². The van der Waals surface area contributed by atoms with Gasteiger partial charge in [-0.15, -0.1) is 0 Å². The molecule has 5 nitrogen and oxygen atoms in total. The number of H-pyrrole nitrogens is 1. The van der Waals surface area contributed by atoms with Gasteiger partial charge in [0.2, 0.25) is 0 Å². The largest absolute Gasteiger partial charge is 0.497 e. The van der Waals surface area contributed by atoms with Crippen LogP contribution in [0.3, 0.4) is 0 Å². The molecule has 2 atom stereocenters. The van der Waals surface area contributed by atoms with Crippen LogP contribution < -0.4 is 15.6 Å². The lowest BCUT2D eigenvalue weighted by atomic mass is 9.79. The zero-order chi connectivity index (χ0) is 20.5. The van der Waals surface area contributed by atoms with Crippen LogP contribution in [0.25, 0.3) is 0 Å². The second-order valence-electron chi connectivity index (χ2n) is 6.92. The highest BCUT2D eigenvalue weighted by Gasteiger charge is 2.33. The van der Waals surface area contributed by atoms with Crippen LogP contribution >= 0.6 is 0 Å². The number of ether oxygens (including phenoxy) is 1. The van der Waals surface area contributed by atoms with E-state index in [4.69, 9.17) is 4.74 Å². The average molecular weight is 394 g/mol. The van der Waals surface area contributed by atoms with Gasteiger partial charge >= 0.3 is 6.18 Å². The summed E-state index contributed by atoms with van der Waals surface area (Å²) in [6, 6.07) is 6.89. The summed E-state index contributed by atoms with van der Waals surface area (Å²) in [4.78, 5) is 26.3. The number of carbonyl (C=O) groups is 1. The van der Waals surface area contributed by atoms with E-state index in [9.17, 15) is 22.8 Å². The maximum atomic E-state index is 12.7. The molecular weight excluding hydrogens is 373 g/mol. The van der Waals surface area contributed by atoms with Crippen molar-refractivity contribution in [3.05, 3.63) is 63.1 Å². The van der Waals surface area contributed by atoms with E-state index in [-0.39, 0.29) is 11.6 Å². The van der Waals surface area contributed by atoms with Crippen LogP contribution in [0.15, 0.2) is 35.1 Å². The zero-order valence-corrected chi connectivity index (χ0v) is 15.5. The second-order valence-corrected chi connectivity index (χ2v) is 6.92. The molecule has 1 heterocycles. The molecule has 2 unspecified atom stereocenters. The average Bonchev–Trinajstić information content (AvgIpc) is 2.66. The topological polar surface area (TPSA) is 71.2 Å². The van der Waals surface area contributed by atoms with E-state index >= 15 is 0 Å². The Morgan fingerprint density at radius 2 is 2.04 bits per heavy atom. The molecule has 1 aromatic heterocycles. The Kier molecular flexibility index (Phi) is 5.49. The number of aromatic nitrogens is 1. The first-order valence-electron chi connectivity index (χ1n) is 9.01. The van der Waals surface area contributed by atoms with Gasteiger partial charge in [0, 0.05) is 0 Å². The molecule has 0 radical (unpaired) electrons. The summed E-state index contributed by atoms with van der Waals surface area (Å²) in [5.74, 6) is 0.369. The Bertz CT molecular complexity index is 937. The number of benzene rings is 1. The highest BCUT2D eigenvalue weighted by molar-refractivity contribution is 5.94. The normalized spacial score (nSPS) is 19.0. The molecule has 0 saturated heterocycles. The van der Waals surface area contributed by atoms with Crippen LogP contribution in [0.5, 0.6) is 5.75 Å². The highest BCUT2D eigenvalue weighted by Crippen LogP contribution is 2.36. The monoisotopic (exact) mass is 394 g/mol. The number of halogens is 3. The van der Waals surface area contributed by atoms with E-state index in [0.717, 1.165) is 35.8 Å².